The van der Waals surface area contributed by atoms with Gasteiger partial charge in [0.1, 0.15) is 5.69 Å². The van der Waals surface area contributed by atoms with Crippen LogP contribution in [0, 0.1) is 0 Å². The molecule has 1 aliphatic heterocycles. The van der Waals surface area contributed by atoms with Crippen molar-refractivity contribution in [1.82, 2.24) is 9.55 Å². The fourth-order valence-corrected chi connectivity index (χ4v) is 4.76. The number of aromatic nitrogens is 2. The molecule has 5 rings (SSSR count). The van der Waals surface area contributed by atoms with Gasteiger partial charge in [0.15, 0.2) is 5.78 Å². The minimum Gasteiger partial charge on any atom is -0.378 e. The molecular weight excluding hydrogens is 438 g/mol. The summed E-state index contributed by atoms with van der Waals surface area (Å²) in [5, 5.41) is 0. The van der Waals surface area contributed by atoms with Gasteiger partial charge in [0.25, 0.3) is 5.56 Å². The number of Topliss-reactive ketones (excluding diaryl/α,β-unsaturated/α-hetero) is 1. The molecule has 1 aliphatic rings. The second-order valence-electron chi connectivity index (χ2n) is 9.00. The van der Waals surface area contributed by atoms with Crippen molar-refractivity contribution in [3.63, 3.8) is 0 Å². The van der Waals surface area contributed by atoms with Crippen molar-refractivity contribution < 1.29 is 9.53 Å². The molecule has 1 atom stereocenters. The number of hydrogen-bond acceptors (Lipinski definition) is 5. The normalized spacial score (nSPS) is 14.7. The minimum atomic E-state index is -0.149. The maximum absolute atomic E-state index is 13.3. The molecule has 0 radical (unpaired) electrons. The predicted molar refractivity (Wildman–Crippen MR) is 138 cm³/mol. The molecule has 35 heavy (non-hydrogen) atoms. The van der Waals surface area contributed by atoms with Gasteiger partial charge in [-0.3, -0.25) is 9.59 Å². The van der Waals surface area contributed by atoms with Crippen LogP contribution >= 0.6 is 0 Å². The van der Waals surface area contributed by atoms with E-state index in [-0.39, 0.29) is 17.3 Å². The first-order valence-electron chi connectivity index (χ1n) is 12.1. The molecule has 4 aromatic rings. The lowest BCUT2D eigenvalue weighted by Gasteiger charge is -2.28. The lowest BCUT2D eigenvalue weighted by atomic mass is 9.88. The first-order valence-corrected chi connectivity index (χ1v) is 12.1. The molecule has 0 amide bonds. The lowest BCUT2D eigenvalue weighted by molar-refractivity contribution is 0.0973. The van der Waals surface area contributed by atoms with Crippen molar-refractivity contribution in [3.05, 3.63) is 106 Å². The average Bonchev–Trinajstić information content (AvgIpc) is 2.92. The van der Waals surface area contributed by atoms with Crippen LogP contribution in [0.5, 0.6) is 0 Å². The third kappa shape index (κ3) is 5.03. The van der Waals surface area contributed by atoms with Gasteiger partial charge >= 0.3 is 0 Å². The molecular formula is C29H29N3O3. The summed E-state index contributed by atoms with van der Waals surface area (Å²) in [5.41, 5.74) is 4.76. The second kappa shape index (κ2) is 10.2. The zero-order valence-electron chi connectivity index (χ0n) is 19.9. The number of hydrogen-bond donors (Lipinski definition) is 0. The van der Waals surface area contributed by atoms with E-state index in [2.05, 4.69) is 9.88 Å². The van der Waals surface area contributed by atoms with Gasteiger partial charge in [-0.1, -0.05) is 42.5 Å². The van der Waals surface area contributed by atoms with Gasteiger partial charge in [-0.2, -0.15) is 0 Å². The van der Waals surface area contributed by atoms with Crippen LogP contribution in [0.15, 0.2) is 83.7 Å². The summed E-state index contributed by atoms with van der Waals surface area (Å²) in [5.74, 6) is -0.0889. The van der Waals surface area contributed by atoms with Crippen LogP contribution in [-0.2, 0) is 18.2 Å². The van der Waals surface area contributed by atoms with E-state index in [1.807, 2.05) is 78.9 Å². The van der Waals surface area contributed by atoms with Gasteiger partial charge in [0.2, 0.25) is 0 Å². The highest BCUT2D eigenvalue weighted by Gasteiger charge is 2.21. The molecule has 0 bridgehead atoms. The van der Waals surface area contributed by atoms with E-state index in [1.54, 1.807) is 11.6 Å². The number of ketones is 1. The van der Waals surface area contributed by atoms with Gasteiger partial charge in [0, 0.05) is 44.2 Å². The second-order valence-corrected chi connectivity index (χ2v) is 9.00. The first-order chi connectivity index (χ1) is 17.1. The molecule has 1 saturated heterocycles. The topological polar surface area (TPSA) is 64.4 Å². The van der Waals surface area contributed by atoms with Gasteiger partial charge in [-0.25, -0.2) is 4.98 Å². The third-order valence-corrected chi connectivity index (χ3v) is 6.76. The van der Waals surface area contributed by atoms with Crippen molar-refractivity contribution in [2.24, 2.45) is 7.05 Å². The summed E-state index contributed by atoms with van der Waals surface area (Å²) < 4.78 is 7.08. The fraction of sp³-hybridized carbons (Fsp3) is 0.276. The number of carbonyl (C=O) groups excluding carboxylic acids is 1. The van der Waals surface area contributed by atoms with Crippen molar-refractivity contribution >= 4 is 22.5 Å². The third-order valence-electron chi connectivity index (χ3n) is 6.76. The Hall–Kier alpha value is -3.77. The SMILES string of the molecule is Cn1c(=O)c(CC(CC(=O)c2ccc(N3CCOCC3)cc2)c2ccccc2)nc2ccccc21. The van der Waals surface area contributed by atoms with E-state index in [4.69, 9.17) is 4.74 Å². The fourth-order valence-electron chi connectivity index (χ4n) is 4.76. The number of rotatable bonds is 7. The summed E-state index contributed by atoms with van der Waals surface area (Å²) in [6, 6.07) is 25.4. The summed E-state index contributed by atoms with van der Waals surface area (Å²) >= 11 is 0. The maximum atomic E-state index is 13.3. The molecule has 2 heterocycles. The standard InChI is InChI=1S/C29H29N3O3/c1-31-27-10-6-5-9-25(27)30-26(29(31)34)19-23(21-7-3-2-4-8-21)20-28(33)22-11-13-24(14-12-22)32-15-17-35-18-16-32/h2-14,23H,15-20H2,1H3. The van der Waals surface area contributed by atoms with Crippen LogP contribution in [0.4, 0.5) is 5.69 Å². The van der Waals surface area contributed by atoms with Gasteiger partial charge < -0.3 is 14.2 Å². The molecule has 0 saturated carbocycles. The summed E-state index contributed by atoms with van der Waals surface area (Å²) in [6.45, 7) is 3.16. The minimum absolute atomic E-state index is 0.0602. The summed E-state index contributed by atoms with van der Waals surface area (Å²) in [4.78, 5) is 33.4. The number of para-hydroxylation sites is 2. The van der Waals surface area contributed by atoms with E-state index in [0.29, 0.717) is 24.1 Å². The quantitative estimate of drug-likeness (QED) is 0.378. The van der Waals surface area contributed by atoms with E-state index >= 15 is 0 Å². The first kappa shape index (κ1) is 23.0. The van der Waals surface area contributed by atoms with Gasteiger partial charge in [-0.15, -0.1) is 0 Å². The largest absolute Gasteiger partial charge is 0.378 e. The van der Waals surface area contributed by atoms with Crippen molar-refractivity contribution in [1.29, 1.82) is 0 Å². The summed E-state index contributed by atoms with van der Waals surface area (Å²) in [6.07, 6.45) is 0.706. The molecule has 3 aromatic carbocycles. The van der Waals surface area contributed by atoms with Crippen molar-refractivity contribution in [2.45, 2.75) is 18.8 Å². The molecule has 0 aliphatic carbocycles. The number of ether oxygens (including phenoxy) is 1. The number of benzene rings is 3. The van der Waals surface area contributed by atoms with E-state index < -0.39 is 0 Å². The van der Waals surface area contributed by atoms with Crippen molar-refractivity contribution in [2.75, 3.05) is 31.2 Å². The number of morpholine rings is 1. The molecule has 0 spiro atoms. The van der Waals surface area contributed by atoms with Crippen LogP contribution in [0.25, 0.3) is 11.0 Å². The maximum Gasteiger partial charge on any atom is 0.272 e. The Labute approximate surface area is 204 Å². The van der Waals surface area contributed by atoms with Crippen LogP contribution in [-0.4, -0.2) is 41.6 Å². The zero-order chi connectivity index (χ0) is 24.2. The molecule has 0 N–H and O–H groups in total. The smallest absolute Gasteiger partial charge is 0.272 e. The van der Waals surface area contributed by atoms with Crippen LogP contribution in [0.2, 0.25) is 0 Å². The van der Waals surface area contributed by atoms with Crippen LogP contribution in [0.3, 0.4) is 0 Å². The summed E-state index contributed by atoms with van der Waals surface area (Å²) in [7, 11) is 1.77. The average molecular weight is 468 g/mol. The van der Waals surface area contributed by atoms with E-state index in [9.17, 15) is 9.59 Å². The van der Waals surface area contributed by atoms with Gasteiger partial charge in [-0.05, 0) is 47.9 Å². The number of fused-ring (bicyclic) bond motifs is 1. The lowest BCUT2D eigenvalue weighted by Crippen LogP contribution is -2.36. The monoisotopic (exact) mass is 467 g/mol. The highest BCUT2D eigenvalue weighted by atomic mass is 16.5. The van der Waals surface area contributed by atoms with Crippen molar-refractivity contribution in [3.8, 4) is 0 Å². The Balaban J connectivity index is 1.40. The number of aryl methyl sites for hydroxylation is 1. The Morgan fingerprint density at radius 3 is 2.37 bits per heavy atom. The van der Waals surface area contributed by atoms with E-state index in [0.717, 1.165) is 48.6 Å². The molecule has 6 heteroatoms. The highest BCUT2D eigenvalue weighted by molar-refractivity contribution is 5.97. The van der Waals surface area contributed by atoms with Gasteiger partial charge in [0.05, 0.1) is 24.2 Å². The molecule has 178 valence electrons. The molecule has 6 nitrogen and oxygen atoms in total. The highest BCUT2D eigenvalue weighted by Crippen LogP contribution is 2.26. The van der Waals surface area contributed by atoms with E-state index in [1.165, 1.54) is 0 Å². The Bertz CT molecular complexity index is 1370. The molecule has 1 aromatic heterocycles. The predicted octanol–water partition coefficient (Wildman–Crippen LogP) is 4.37. The van der Waals surface area contributed by atoms with Crippen LogP contribution in [0.1, 0.15) is 34.0 Å². The number of nitrogens with zero attached hydrogens (tertiary/aromatic N) is 3. The Morgan fingerprint density at radius 2 is 1.63 bits per heavy atom. The Morgan fingerprint density at radius 1 is 0.943 bits per heavy atom. The zero-order valence-corrected chi connectivity index (χ0v) is 19.9. The Kier molecular flexibility index (Phi) is 6.73. The number of carbonyl (C=O) groups is 1. The van der Waals surface area contributed by atoms with Crippen LogP contribution < -0.4 is 10.5 Å². The molecule has 1 fully saturated rings. The number of anilines is 1. The molecule has 1 unspecified atom stereocenters.